The lowest BCUT2D eigenvalue weighted by molar-refractivity contribution is 0.170. The van der Waals surface area contributed by atoms with Crippen LogP contribution >= 0.6 is 11.6 Å². The number of halogens is 1. The van der Waals surface area contributed by atoms with E-state index in [1.54, 1.807) is 18.2 Å². The van der Waals surface area contributed by atoms with Crippen molar-refractivity contribution in [2.75, 3.05) is 31.0 Å². The molecule has 0 aliphatic carbocycles. The number of benzene rings is 2. The zero-order valence-corrected chi connectivity index (χ0v) is 22.3. The molecule has 2 N–H and O–H groups in total. The predicted molar refractivity (Wildman–Crippen MR) is 144 cm³/mol. The number of hydrogen-bond acceptors (Lipinski definition) is 9. The first-order valence-corrected chi connectivity index (χ1v) is 14.2. The second kappa shape index (κ2) is 9.44. The van der Waals surface area contributed by atoms with Crippen LogP contribution in [0.4, 0.5) is 16.2 Å². The molecule has 13 heteroatoms. The van der Waals surface area contributed by atoms with E-state index in [4.69, 9.17) is 26.1 Å². The predicted octanol–water partition coefficient (Wildman–Crippen LogP) is 3.88. The summed E-state index contributed by atoms with van der Waals surface area (Å²) in [6.07, 6.45) is 4.22. The number of cyclic esters (lactones) is 1. The molecule has 38 heavy (non-hydrogen) atoms. The van der Waals surface area contributed by atoms with Crippen LogP contribution in [0, 0.1) is 0 Å². The summed E-state index contributed by atoms with van der Waals surface area (Å²) in [5, 5.41) is 3.62. The number of anilines is 1. The molecular formula is C25H27ClN6O5S. The number of ether oxygens (including phenoxy) is 2. The quantitative estimate of drug-likeness (QED) is 0.528. The lowest BCUT2D eigenvalue weighted by atomic mass is 9.93. The molecule has 4 aliphatic rings. The zero-order chi connectivity index (χ0) is 26.5. The van der Waals surface area contributed by atoms with Gasteiger partial charge in [-0.05, 0) is 63.1 Å². The summed E-state index contributed by atoms with van der Waals surface area (Å²) in [4.78, 5) is 23.5. The fourth-order valence-electron chi connectivity index (χ4n) is 5.27. The number of aliphatic imine (C=N–C) groups is 2. The SMILES string of the molecule is CC1(CC2CCCN2)CN2C=Nc3ccc(Oc4cccc(NS(=O)(=O)N5CCOC5=O)c4Cl)cc3C2=N1. The summed E-state index contributed by atoms with van der Waals surface area (Å²) >= 11 is 6.51. The first-order chi connectivity index (χ1) is 18.2. The van der Waals surface area contributed by atoms with E-state index >= 15 is 0 Å². The average Bonchev–Trinajstić information content (AvgIpc) is 3.62. The van der Waals surface area contributed by atoms with Crippen molar-refractivity contribution in [3.8, 4) is 11.5 Å². The molecule has 0 spiro atoms. The number of carbonyl (C=O) groups excluding carboxylic acids is 1. The van der Waals surface area contributed by atoms with Crippen molar-refractivity contribution < 1.29 is 22.7 Å². The molecule has 2 unspecified atom stereocenters. The summed E-state index contributed by atoms with van der Waals surface area (Å²) < 4.78 is 39.0. The molecule has 11 nitrogen and oxygen atoms in total. The van der Waals surface area contributed by atoms with Crippen LogP contribution in [-0.2, 0) is 14.9 Å². The van der Waals surface area contributed by atoms with Crippen LogP contribution in [0.5, 0.6) is 11.5 Å². The summed E-state index contributed by atoms with van der Waals surface area (Å²) in [5.41, 5.74) is 1.50. The maximum atomic E-state index is 12.6. The maximum Gasteiger partial charge on any atom is 0.425 e. The van der Waals surface area contributed by atoms with Gasteiger partial charge < -0.3 is 19.7 Å². The minimum atomic E-state index is -4.19. The molecular weight excluding hydrogens is 532 g/mol. The number of nitrogens with one attached hydrogen (secondary N) is 2. The zero-order valence-electron chi connectivity index (χ0n) is 20.7. The summed E-state index contributed by atoms with van der Waals surface area (Å²) in [6, 6.07) is 10.7. The molecule has 0 radical (unpaired) electrons. The molecule has 200 valence electrons. The highest BCUT2D eigenvalue weighted by molar-refractivity contribution is 7.91. The second-order valence-electron chi connectivity index (χ2n) is 9.99. The summed E-state index contributed by atoms with van der Waals surface area (Å²) in [6.45, 7) is 3.92. The lowest BCUT2D eigenvalue weighted by Crippen LogP contribution is -2.38. The molecule has 4 aliphatic heterocycles. The highest BCUT2D eigenvalue weighted by Gasteiger charge is 2.39. The van der Waals surface area contributed by atoms with Gasteiger partial charge in [-0.25, -0.2) is 9.79 Å². The van der Waals surface area contributed by atoms with Crippen LogP contribution in [0.3, 0.4) is 0 Å². The van der Waals surface area contributed by atoms with E-state index in [9.17, 15) is 13.2 Å². The van der Waals surface area contributed by atoms with Crippen LogP contribution in [0.25, 0.3) is 0 Å². The van der Waals surface area contributed by atoms with Crippen molar-refractivity contribution in [2.24, 2.45) is 9.98 Å². The van der Waals surface area contributed by atoms with Crippen molar-refractivity contribution in [1.29, 1.82) is 0 Å². The van der Waals surface area contributed by atoms with Gasteiger partial charge in [0.25, 0.3) is 0 Å². The van der Waals surface area contributed by atoms with Crippen molar-refractivity contribution in [3.05, 3.63) is 47.0 Å². The highest BCUT2D eigenvalue weighted by Crippen LogP contribution is 2.39. The Morgan fingerprint density at radius 3 is 2.95 bits per heavy atom. The van der Waals surface area contributed by atoms with E-state index in [2.05, 4.69) is 26.9 Å². The van der Waals surface area contributed by atoms with Crippen molar-refractivity contribution in [3.63, 3.8) is 0 Å². The van der Waals surface area contributed by atoms with E-state index in [0.29, 0.717) is 16.1 Å². The van der Waals surface area contributed by atoms with Gasteiger partial charge >= 0.3 is 16.3 Å². The fourth-order valence-corrected chi connectivity index (χ4v) is 6.66. The molecule has 0 bridgehead atoms. The van der Waals surface area contributed by atoms with Gasteiger partial charge in [0.1, 0.15) is 29.0 Å². The normalized spacial score (nSPS) is 24.2. The van der Waals surface area contributed by atoms with E-state index in [1.165, 1.54) is 18.9 Å². The Hall–Kier alpha value is -3.35. The van der Waals surface area contributed by atoms with Gasteiger partial charge in [0, 0.05) is 11.6 Å². The monoisotopic (exact) mass is 558 g/mol. The average molecular weight is 559 g/mol. The molecule has 2 aromatic rings. The summed E-state index contributed by atoms with van der Waals surface area (Å²) in [7, 11) is -4.19. The maximum absolute atomic E-state index is 12.6. The second-order valence-corrected chi connectivity index (χ2v) is 12.0. The van der Waals surface area contributed by atoms with Gasteiger partial charge in [0.05, 0.1) is 36.3 Å². The van der Waals surface area contributed by atoms with E-state index in [-0.39, 0.29) is 35.2 Å². The third kappa shape index (κ3) is 4.67. The van der Waals surface area contributed by atoms with E-state index < -0.39 is 16.3 Å². The Kier molecular flexibility index (Phi) is 6.20. The lowest BCUT2D eigenvalue weighted by Gasteiger charge is -2.26. The molecule has 0 saturated carbocycles. The molecule has 2 fully saturated rings. The molecule has 4 heterocycles. The molecule has 2 atom stereocenters. The minimum absolute atomic E-state index is 0.00164. The Bertz CT molecular complexity index is 1460. The number of fused-ring (bicyclic) bond motifs is 3. The largest absolute Gasteiger partial charge is 0.456 e. The Morgan fingerprint density at radius 2 is 2.18 bits per heavy atom. The number of rotatable bonds is 7. The van der Waals surface area contributed by atoms with Gasteiger partial charge in [-0.15, -0.1) is 0 Å². The number of hydrogen-bond donors (Lipinski definition) is 2. The molecule has 2 saturated heterocycles. The van der Waals surface area contributed by atoms with Gasteiger partial charge in [0.15, 0.2) is 0 Å². The molecule has 2 aromatic carbocycles. The number of amidine groups is 1. The number of nitrogens with zero attached hydrogens (tertiary/aromatic N) is 4. The first kappa shape index (κ1) is 25.0. The summed E-state index contributed by atoms with van der Waals surface area (Å²) in [5.74, 6) is 1.60. The minimum Gasteiger partial charge on any atom is -0.456 e. The Morgan fingerprint density at radius 1 is 1.32 bits per heavy atom. The van der Waals surface area contributed by atoms with E-state index in [1.807, 2.05) is 18.5 Å². The van der Waals surface area contributed by atoms with Crippen molar-refractivity contribution in [2.45, 2.75) is 37.8 Å². The van der Waals surface area contributed by atoms with Crippen LogP contribution in [0.15, 0.2) is 46.4 Å². The first-order valence-electron chi connectivity index (χ1n) is 12.4. The van der Waals surface area contributed by atoms with Crippen LogP contribution in [0.2, 0.25) is 5.02 Å². The van der Waals surface area contributed by atoms with Crippen LogP contribution in [-0.4, -0.2) is 73.7 Å². The van der Waals surface area contributed by atoms with Crippen molar-refractivity contribution >= 4 is 51.5 Å². The Labute approximate surface area is 225 Å². The molecule has 6 rings (SSSR count). The highest BCUT2D eigenvalue weighted by atomic mass is 35.5. The number of carbonyl (C=O) groups is 1. The molecule has 1 amide bonds. The third-order valence-electron chi connectivity index (χ3n) is 7.00. The van der Waals surface area contributed by atoms with Crippen molar-refractivity contribution in [1.82, 2.24) is 14.5 Å². The topological polar surface area (TPSA) is 125 Å². The van der Waals surface area contributed by atoms with Gasteiger partial charge in [-0.3, -0.25) is 9.71 Å². The van der Waals surface area contributed by atoms with Gasteiger partial charge in [-0.1, -0.05) is 17.7 Å². The number of amides is 1. The van der Waals surface area contributed by atoms with Crippen LogP contribution < -0.4 is 14.8 Å². The Balaban J connectivity index is 1.24. The smallest absolute Gasteiger partial charge is 0.425 e. The standard InChI is InChI=1S/C25H27ClN6O5S/c1-25(13-16-4-3-9-27-16)14-31-15-28-19-8-7-17(12-18(19)23(31)29-25)37-21-6-2-5-20(22(21)26)30-38(34,35)32-10-11-36-24(32)33/h2,5-8,12,15-16,27,30H,3-4,9-11,13-14H2,1H3. The van der Waals surface area contributed by atoms with Gasteiger partial charge in [0.2, 0.25) is 0 Å². The fraction of sp³-hybridized carbons (Fsp3) is 0.400. The van der Waals surface area contributed by atoms with Crippen LogP contribution in [0.1, 0.15) is 31.7 Å². The van der Waals surface area contributed by atoms with Gasteiger partial charge in [-0.2, -0.15) is 12.7 Å². The molecule has 0 aromatic heterocycles. The van der Waals surface area contributed by atoms with E-state index in [0.717, 1.165) is 36.6 Å². The third-order valence-corrected chi connectivity index (χ3v) is 8.78.